The second-order valence-electron chi connectivity index (χ2n) is 4.36. The van der Waals surface area contributed by atoms with Crippen LogP contribution in [-0.4, -0.2) is 26.8 Å². The van der Waals surface area contributed by atoms with E-state index < -0.39 is 38.4 Å². The monoisotopic (exact) mass is 294 g/mol. The van der Waals surface area contributed by atoms with E-state index in [9.17, 15) is 21.6 Å². The van der Waals surface area contributed by atoms with Gasteiger partial charge in [0.15, 0.2) is 11.6 Å². The van der Waals surface area contributed by atoms with E-state index in [1.807, 2.05) is 4.72 Å². The fraction of sp³-hybridized carbons (Fsp3) is 0.455. The first-order valence-electron chi connectivity index (χ1n) is 5.77. The summed E-state index contributed by atoms with van der Waals surface area (Å²) in [6.07, 6.45) is 1.08. The molecule has 1 heterocycles. The van der Waals surface area contributed by atoms with Gasteiger partial charge in [-0.2, -0.15) is 0 Å². The van der Waals surface area contributed by atoms with Crippen LogP contribution in [0.25, 0.3) is 0 Å². The van der Waals surface area contributed by atoms with Crippen molar-refractivity contribution in [1.29, 1.82) is 0 Å². The van der Waals surface area contributed by atoms with Gasteiger partial charge in [-0.05, 0) is 19.4 Å². The minimum Gasteiger partial charge on any atom is -0.315 e. The highest BCUT2D eigenvalue weighted by atomic mass is 32.2. The number of rotatable bonds is 3. The van der Waals surface area contributed by atoms with Crippen LogP contribution in [0.5, 0.6) is 0 Å². The summed E-state index contributed by atoms with van der Waals surface area (Å²) in [5.74, 6) is -3.65. The van der Waals surface area contributed by atoms with Gasteiger partial charge in [0.05, 0.1) is 5.25 Å². The lowest BCUT2D eigenvalue weighted by molar-refractivity contribution is 0.498. The lowest BCUT2D eigenvalue weighted by Gasteiger charge is -2.23. The summed E-state index contributed by atoms with van der Waals surface area (Å²) in [5, 5.41) is 2.14. The molecule has 0 saturated carbocycles. The third kappa shape index (κ3) is 3.19. The van der Waals surface area contributed by atoms with Crippen molar-refractivity contribution in [3.63, 3.8) is 0 Å². The molecule has 1 aromatic carbocycles. The Kier molecular flexibility index (Phi) is 4.00. The zero-order chi connectivity index (χ0) is 14.0. The molecule has 1 fully saturated rings. The van der Waals surface area contributed by atoms with Gasteiger partial charge < -0.3 is 5.32 Å². The Morgan fingerprint density at radius 3 is 2.37 bits per heavy atom. The third-order valence-corrected chi connectivity index (χ3v) is 4.71. The number of hydrogen-bond acceptors (Lipinski definition) is 3. The molecule has 0 bridgehead atoms. The smallest absolute Gasteiger partial charge is 0.237 e. The van der Waals surface area contributed by atoms with E-state index in [0.717, 1.165) is 0 Å². The number of hydrogen-bond donors (Lipinski definition) is 2. The van der Waals surface area contributed by atoms with Crippen LogP contribution in [-0.2, 0) is 10.0 Å². The van der Waals surface area contributed by atoms with Crippen molar-refractivity contribution in [2.45, 2.75) is 18.1 Å². The third-order valence-electron chi connectivity index (χ3n) is 2.94. The predicted octanol–water partition coefficient (Wildman–Crippen LogP) is 1.60. The van der Waals surface area contributed by atoms with Gasteiger partial charge in [-0.3, -0.25) is 4.72 Å². The topological polar surface area (TPSA) is 58.2 Å². The Morgan fingerprint density at radius 1 is 1.21 bits per heavy atom. The molecule has 0 amide bonds. The van der Waals surface area contributed by atoms with Crippen LogP contribution >= 0.6 is 0 Å². The molecule has 1 saturated heterocycles. The molecule has 2 rings (SSSR count). The van der Waals surface area contributed by atoms with Crippen molar-refractivity contribution in [3.05, 3.63) is 29.6 Å². The van der Waals surface area contributed by atoms with Gasteiger partial charge in [-0.15, -0.1) is 0 Å². The standard InChI is InChI=1S/C11H13F3N2O2S/c12-7-4-9(13)11(10(14)5-7)16-19(17,18)8-2-1-3-15-6-8/h4-5,8,15-16H,1-3,6H2. The molecule has 1 unspecified atom stereocenters. The van der Waals surface area contributed by atoms with Crippen LogP contribution < -0.4 is 10.0 Å². The second kappa shape index (κ2) is 5.38. The Hall–Kier alpha value is -1.28. The Morgan fingerprint density at radius 2 is 1.84 bits per heavy atom. The van der Waals surface area contributed by atoms with E-state index in [4.69, 9.17) is 0 Å². The Balaban J connectivity index is 2.25. The fourth-order valence-corrected chi connectivity index (χ4v) is 3.41. The first kappa shape index (κ1) is 14.1. The molecule has 0 spiro atoms. The number of piperidine rings is 1. The molecule has 8 heteroatoms. The zero-order valence-corrected chi connectivity index (χ0v) is 10.7. The molecular weight excluding hydrogens is 281 g/mol. The van der Waals surface area contributed by atoms with E-state index in [0.29, 0.717) is 31.5 Å². The zero-order valence-electron chi connectivity index (χ0n) is 9.92. The molecule has 1 aliphatic rings. The maximum absolute atomic E-state index is 13.4. The molecule has 106 valence electrons. The van der Waals surface area contributed by atoms with Crippen LogP contribution in [0.15, 0.2) is 12.1 Å². The highest BCUT2D eigenvalue weighted by molar-refractivity contribution is 7.93. The molecule has 4 nitrogen and oxygen atoms in total. The van der Waals surface area contributed by atoms with Gasteiger partial charge in [0.1, 0.15) is 11.5 Å². The average Bonchev–Trinajstić information content (AvgIpc) is 2.35. The van der Waals surface area contributed by atoms with E-state index in [-0.39, 0.29) is 6.54 Å². The van der Waals surface area contributed by atoms with Crippen LogP contribution in [0.2, 0.25) is 0 Å². The molecule has 0 radical (unpaired) electrons. The van der Waals surface area contributed by atoms with Gasteiger partial charge in [-0.25, -0.2) is 21.6 Å². The van der Waals surface area contributed by atoms with E-state index >= 15 is 0 Å². The normalized spacial score (nSPS) is 20.3. The highest BCUT2D eigenvalue weighted by Crippen LogP contribution is 2.23. The van der Waals surface area contributed by atoms with Crippen molar-refractivity contribution in [1.82, 2.24) is 5.32 Å². The summed E-state index contributed by atoms with van der Waals surface area (Å²) in [7, 11) is -3.91. The maximum atomic E-state index is 13.4. The summed E-state index contributed by atoms with van der Waals surface area (Å²) in [6.45, 7) is 0.936. The quantitative estimate of drug-likeness (QED) is 0.890. The largest absolute Gasteiger partial charge is 0.315 e. The molecule has 0 aliphatic carbocycles. The van der Waals surface area contributed by atoms with Crippen molar-refractivity contribution >= 4 is 15.7 Å². The summed E-state index contributed by atoms with van der Waals surface area (Å²) in [4.78, 5) is 0. The summed E-state index contributed by atoms with van der Waals surface area (Å²) in [5.41, 5.74) is -0.841. The summed E-state index contributed by atoms with van der Waals surface area (Å²) >= 11 is 0. The Bertz CT molecular complexity index is 548. The van der Waals surface area contributed by atoms with Crippen molar-refractivity contribution in [2.75, 3.05) is 17.8 Å². The molecular formula is C11H13F3N2O2S. The van der Waals surface area contributed by atoms with E-state index in [1.54, 1.807) is 0 Å². The van der Waals surface area contributed by atoms with Gasteiger partial charge in [0.2, 0.25) is 10.0 Å². The van der Waals surface area contributed by atoms with Crippen LogP contribution in [0.1, 0.15) is 12.8 Å². The minimum absolute atomic E-state index is 0.222. The second-order valence-corrected chi connectivity index (χ2v) is 6.32. The lowest BCUT2D eigenvalue weighted by Crippen LogP contribution is -2.41. The fourth-order valence-electron chi connectivity index (χ4n) is 1.95. The molecule has 2 N–H and O–H groups in total. The summed E-state index contributed by atoms with van der Waals surface area (Å²) < 4.78 is 65.3. The molecule has 1 atom stereocenters. The minimum atomic E-state index is -3.91. The lowest BCUT2D eigenvalue weighted by atomic mass is 10.2. The first-order chi connectivity index (χ1) is 8.90. The van der Waals surface area contributed by atoms with Crippen molar-refractivity contribution in [3.8, 4) is 0 Å². The van der Waals surface area contributed by atoms with Gasteiger partial charge in [0.25, 0.3) is 0 Å². The van der Waals surface area contributed by atoms with Gasteiger partial charge >= 0.3 is 0 Å². The Labute approximate surface area is 109 Å². The molecule has 1 aromatic rings. The van der Waals surface area contributed by atoms with Gasteiger partial charge in [0, 0.05) is 18.7 Å². The predicted molar refractivity (Wildman–Crippen MR) is 64.8 cm³/mol. The number of halogens is 3. The SMILES string of the molecule is O=S(=O)(Nc1c(F)cc(F)cc1F)C1CCCNC1. The first-order valence-corrected chi connectivity index (χ1v) is 7.31. The number of benzene rings is 1. The molecule has 19 heavy (non-hydrogen) atoms. The van der Waals surface area contributed by atoms with Crippen LogP contribution in [0.4, 0.5) is 18.9 Å². The maximum Gasteiger partial charge on any atom is 0.237 e. The van der Waals surface area contributed by atoms with E-state index in [1.165, 1.54) is 0 Å². The average molecular weight is 294 g/mol. The summed E-state index contributed by atoms with van der Waals surface area (Å²) in [6, 6.07) is 0.861. The van der Waals surface area contributed by atoms with E-state index in [2.05, 4.69) is 5.32 Å². The number of anilines is 1. The molecule has 1 aliphatic heterocycles. The van der Waals surface area contributed by atoms with Crippen molar-refractivity contribution < 1.29 is 21.6 Å². The number of sulfonamides is 1. The highest BCUT2D eigenvalue weighted by Gasteiger charge is 2.29. The van der Waals surface area contributed by atoms with Gasteiger partial charge in [-0.1, -0.05) is 0 Å². The molecule has 0 aromatic heterocycles. The van der Waals surface area contributed by atoms with Crippen molar-refractivity contribution in [2.24, 2.45) is 0 Å². The number of nitrogens with one attached hydrogen (secondary N) is 2. The van der Waals surface area contributed by atoms with Crippen LogP contribution in [0.3, 0.4) is 0 Å². The van der Waals surface area contributed by atoms with Crippen LogP contribution in [0, 0.1) is 17.5 Å².